The number of imidazole rings is 1. The molecule has 0 fully saturated rings. The van der Waals surface area contributed by atoms with E-state index in [2.05, 4.69) is 21.2 Å². The second-order valence-corrected chi connectivity index (χ2v) is 4.54. The van der Waals surface area contributed by atoms with Gasteiger partial charge in [0.2, 0.25) is 5.89 Å². The Morgan fingerprint density at radius 2 is 2.25 bits per heavy atom. The van der Waals surface area contributed by atoms with Gasteiger partial charge in [-0.05, 0) is 19.1 Å². The quantitative estimate of drug-likeness (QED) is 0.691. The Kier molecular flexibility index (Phi) is 3.12. The smallest absolute Gasteiger partial charge is 0.246 e. The molecule has 0 N–H and O–H groups in total. The molecular formula is C13H10ClN5O. The third kappa shape index (κ3) is 2.02. The number of fused-ring (bicyclic) bond motifs is 1. The lowest BCUT2D eigenvalue weighted by molar-refractivity contribution is 0.368. The van der Waals surface area contributed by atoms with Crippen molar-refractivity contribution in [3.63, 3.8) is 0 Å². The maximum atomic E-state index is 9.13. The molecule has 0 aliphatic rings. The van der Waals surface area contributed by atoms with Gasteiger partial charge in [0.25, 0.3) is 0 Å². The Morgan fingerprint density at radius 1 is 1.40 bits per heavy atom. The Morgan fingerprint density at radius 3 is 2.90 bits per heavy atom. The highest BCUT2D eigenvalue weighted by atomic mass is 35.5. The number of aryl methyl sites for hydroxylation is 1. The summed E-state index contributed by atoms with van der Waals surface area (Å²) in [6, 6.07) is 7.57. The minimum atomic E-state index is 0.243. The van der Waals surface area contributed by atoms with E-state index in [1.807, 2.05) is 16.7 Å². The van der Waals surface area contributed by atoms with Gasteiger partial charge in [-0.15, -0.1) is 11.6 Å². The number of rotatable bonds is 3. The molecular weight excluding hydrogens is 278 g/mol. The van der Waals surface area contributed by atoms with Crippen LogP contribution in [0.25, 0.3) is 11.0 Å². The lowest BCUT2D eigenvalue weighted by atomic mass is 10.2. The highest BCUT2D eigenvalue weighted by molar-refractivity contribution is 6.16. The van der Waals surface area contributed by atoms with Crippen molar-refractivity contribution in [3.8, 4) is 6.07 Å². The van der Waals surface area contributed by atoms with Gasteiger partial charge >= 0.3 is 0 Å². The molecule has 0 spiro atoms. The fraction of sp³-hybridized carbons (Fsp3) is 0.231. The molecule has 0 saturated carbocycles. The third-order valence-corrected chi connectivity index (χ3v) is 3.20. The van der Waals surface area contributed by atoms with Crippen molar-refractivity contribution in [2.75, 3.05) is 0 Å². The predicted molar refractivity (Wildman–Crippen MR) is 72.1 cm³/mol. The zero-order chi connectivity index (χ0) is 14.1. The van der Waals surface area contributed by atoms with E-state index in [1.54, 1.807) is 13.0 Å². The van der Waals surface area contributed by atoms with Crippen molar-refractivity contribution in [3.05, 3.63) is 41.3 Å². The van der Waals surface area contributed by atoms with Gasteiger partial charge < -0.3 is 9.09 Å². The number of halogens is 1. The first kappa shape index (κ1) is 12.6. The number of nitrogens with zero attached hydrogens (tertiary/aromatic N) is 5. The number of para-hydroxylation sites is 1. The fourth-order valence-electron chi connectivity index (χ4n) is 2.10. The highest BCUT2D eigenvalue weighted by Crippen LogP contribution is 2.21. The van der Waals surface area contributed by atoms with Crippen LogP contribution in [0, 0.1) is 18.3 Å². The van der Waals surface area contributed by atoms with Crippen molar-refractivity contribution in [2.45, 2.75) is 19.3 Å². The van der Waals surface area contributed by atoms with E-state index >= 15 is 0 Å². The summed E-state index contributed by atoms with van der Waals surface area (Å²) in [5.41, 5.74) is 1.99. The van der Waals surface area contributed by atoms with Gasteiger partial charge in [0.1, 0.15) is 24.0 Å². The van der Waals surface area contributed by atoms with E-state index in [-0.39, 0.29) is 5.88 Å². The van der Waals surface area contributed by atoms with Crippen LogP contribution < -0.4 is 0 Å². The number of aromatic nitrogens is 4. The van der Waals surface area contributed by atoms with Crippen LogP contribution in [0.2, 0.25) is 0 Å². The van der Waals surface area contributed by atoms with E-state index < -0.39 is 0 Å². The monoisotopic (exact) mass is 287 g/mol. The number of hydrogen-bond donors (Lipinski definition) is 0. The zero-order valence-electron chi connectivity index (χ0n) is 10.7. The molecule has 0 atom stereocenters. The first-order chi connectivity index (χ1) is 9.72. The molecule has 1 aromatic carbocycles. The van der Waals surface area contributed by atoms with E-state index in [9.17, 15) is 0 Å². The van der Waals surface area contributed by atoms with Crippen LogP contribution >= 0.6 is 11.6 Å². The second-order valence-electron chi connectivity index (χ2n) is 4.27. The molecule has 0 aliphatic heterocycles. The van der Waals surface area contributed by atoms with Crippen LogP contribution in [0.15, 0.2) is 22.7 Å². The van der Waals surface area contributed by atoms with Gasteiger partial charge in [0.15, 0.2) is 5.82 Å². The summed E-state index contributed by atoms with van der Waals surface area (Å²) in [6.07, 6.45) is 0. The Hall–Kier alpha value is -2.39. The first-order valence-corrected chi connectivity index (χ1v) is 6.49. The lowest BCUT2D eigenvalue weighted by Crippen LogP contribution is -2.04. The molecule has 0 amide bonds. The van der Waals surface area contributed by atoms with Crippen molar-refractivity contribution >= 4 is 22.6 Å². The molecule has 0 saturated heterocycles. The van der Waals surface area contributed by atoms with Gasteiger partial charge in [-0.25, -0.2) is 4.98 Å². The number of hydrogen-bond acceptors (Lipinski definition) is 5. The number of alkyl halides is 1. The van der Waals surface area contributed by atoms with Crippen molar-refractivity contribution < 1.29 is 4.52 Å². The third-order valence-electron chi connectivity index (χ3n) is 2.96. The maximum Gasteiger partial charge on any atom is 0.246 e. The molecule has 0 unspecified atom stereocenters. The van der Waals surface area contributed by atoms with Crippen molar-refractivity contribution in [1.82, 2.24) is 19.7 Å². The van der Waals surface area contributed by atoms with Crippen LogP contribution in [-0.4, -0.2) is 19.7 Å². The molecule has 3 aromatic rings. The molecule has 6 nitrogen and oxygen atoms in total. The number of nitriles is 1. The summed E-state index contributed by atoms with van der Waals surface area (Å²) in [6.45, 7) is 2.14. The molecule has 0 aliphatic carbocycles. The van der Waals surface area contributed by atoms with Gasteiger partial charge in [-0.2, -0.15) is 10.2 Å². The molecule has 3 rings (SSSR count). The van der Waals surface area contributed by atoms with Crippen LogP contribution in [0.3, 0.4) is 0 Å². The average Bonchev–Trinajstić information content (AvgIpc) is 3.03. The zero-order valence-corrected chi connectivity index (χ0v) is 11.4. The summed E-state index contributed by atoms with van der Waals surface area (Å²) in [7, 11) is 0. The van der Waals surface area contributed by atoms with E-state index in [4.69, 9.17) is 21.4 Å². The molecule has 100 valence electrons. The lowest BCUT2D eigenvalue weighted by Gasteiger charge is -2.03. The van der Waals surface area contributed by atoms with Crippen molar-refractivity contribution in [2.24, 2.45) is 0 Å². The molecule has 20 heavy (non-hydrogen) atoms. The van der Waals surface area contributed by atoms with Gasteiger partial charge in [0, 0.05) is 0 Å². The van der Waals surface area contributed by atoms with E-state index in [0.717, 1.165) is 5.52 Å². The normalized spacial score (nSPS) is 10.8. The van der Waals surface area contributed by atoms with Crippen LogP contribution in [0.4, 0.5) is 0 Å². The standard InChI is InChI=1S/C13H10ClN5O/c1-8-16-12(20-18-8)7-19-10-4-2-3-9(6-15)13(10)17-11(19)5-14/h2-4H,5,7H2,1H3. The van der Waals surface area contributed by atoms with Gasteiger partial charge in [-0.3, -0.25) is 0 Å². The summed E-state index contributed by atoms with van der Waals surface area (Å²) in [5.74, 6) is 1.97. The average molecular weight is 288 g/mol. The van der Waals surface area contributed by atoms with E-state index in [1.165, 1.54) is 0 Å². The van der Waals surface area contributed by atoms with Gasteiger partial charge in [0.05, 0.1) is 17.0 Å². The molecule has 7 heteroatoms. The molecule has 2 heterocycles. The fourth-order valence-corrected chi connectivity index (χ4v) is 2.31. The van der Waals surface area contributed by atoms with Crippen LogP contribution in [0.1, 0.15) is 23.1 Å². The van der Waals surface area contributed by atoms with Crippen molar-refractivity contribution in [1.29, 1.82) is 5.26 Å². The summed E-state index contributed by atoms with van der Waals surface area (Å²) in [5, 5.41) is 12.9. The second kappa shape index (κ2) is 4.94. The first-order valence-electron chi connectivity index (χ1n) is 5.96. The number of benzene rings is 1. The topological polar surface area (TPSA) is 80.5 Å². The largest absolute Gasteiger partial charge is 0.337 e. The van der Waals surface area contributed by atoms with Crippen LogP contribution in [0.5, 0.6) is 0 Å². The van der Waals surface area contributed by atoms with E-state index in [0.29, 0.717) is 35.2 Å². The predicted octanol–water partition coefficient (Wildman–Crippen LogP) is 2.39. The summed E-state index contributed by atoms with van der Waals surface area (Å²) >= 11 is 5.94. The Labute approximate surface area is 119 Å². The molecule has 0 radical (unpaired) electrons. The molecule has 2 aromatic heterocycles. The van der Waals surface area contributed by atoms with Gasteiger partial charge in [-0.1, -0.05) is 11.2 Å². The SMILES string of the molecule is Cc1noc(Cn2c(CCl)nc3c(C#N)cccc32)n1. The minimum absolute atomic E-state index is 0.243. The molecule has 0 bridgehead atoms. The Bertz CT molecular complexity index is 814. The maximum absolute atomic E-state index is 9.13. The summed E-state index contributed by atoms with van der Waals surface area (Å²) in [4.78, 5) is 8.60. The minimum Gasteiger partial charge on any atom is -0.337 e. The highest BCUT2D eigenvalue weighted by Gasteiger charge is 2.15. The summed E-state index contributed by atoms with van der Waals surface area (Å²) < 4.78 is 7.01. The van der Waals surface area contributed by atoms with Crippen LogP contribution in [-0.2, 0) is 12.4 Å². The Balaban J connectivity index is 2.16.